The SMILES string of the molecule is O=C(N/N=C/c1ccco1)c1ccn(Cc2ccc(Br)cc2)n1. The minimum Gasteiger partial charge on any atom is -0.463 e. The first kappa shape index (κ1) is 15.2. The fourth-order valence-corrected chi connectivity index (χ4v) is 2.19. The van der Waals surface area contributed by atoms with Gasteiger partial charge in [0.15, 0.2) is 5.69 Å². The molecule has 0 spiro atoms. The van der Waals surface area contributed by atoms with Crippen molar-refractivity contribution in [3.8, 4) is 0 Å². The maximum Gasteiger partial charge on any atom is 0.291 e. The molecule has 3 rings (SSSR count). The quantitative estimate of drug-likeness (QED) is 0.552. The van der Waals surface area contributed by atoms with Crippen molar-refractivity contribution in [3.63, 3.8) is 0 Å². The maximum absolute atomic E-state index is 11.9. The van der Waals surface area contributed by atoms with Gasteiger partial charge in [-0.15, -0.1) is 0 Å². The molecule has 0 saturated heterocycles. The van der Waals surface area contributed by atoms with E-state index in [1.165, 1.54) is 12.5 Å². The number of carbonyl (C=O) groups is 1. The Bertz CT molecular complexity index is 807. The number of aromatic nitrogens is 2. The van der Waals surface area contributed by atoms with Crippen LogP contribution in [0.1, 0.15) is 21.8 Å². The van der Waals surface area contributed by atoms with E-state index in [0.717, 1.165) is 10.0 Å². The van der Waals surface area contributed by atoms with Crippen LogP contribution in [0, 0.1) is 0 Å². The lowest BCUT2D eigenvalue weighted by Crippen LogP contribution is -2.18. The summed E-state index contributed by atoms with van der Waals surface area (Å²) < 4.78 is 7.80. The third-order valence-electron chi connectivity index (χ3n) is 3.03. The highest BCUT2D eigenvalue weighted by Crippen LogP contribution is 2.11. The summed E-state index contributed by atoms with van der Waals surface area (Å²) in [7, 11) is 0. The van der Waals surface area contributed by atoms with Crippen LogP contribution in [0.15, 0.2) is 68.9 Å². The third kappa shape index (κ3) is 4.17. The van der Waals surface area contributed by atoms with E-state index in [2.05, 4.69) is 31.6 Å². The monoisotopic (exact) mass is 372 g/mol. The molecule has 6 nitrogen and oxygen atoms in total. The first-order chi connectivity index (χ1) is 11.2. The normalized spacial score (nSPS) is 11.0. The molecule has 0 aliphatic rings. The van der Waals surface area contributed by atoms with Gasteiger partial charge in [0.05, 0.1) is 19.0 Å². The Morgan fingerprint density at radius 1 is 1.30 bits per heavy atom. The molecule has 3 aromatic rings. The lowest BCUT2D eigenvalue weighted by Gasteiger charge is -2.02. The van der Waals surface area contributed by atoms with E-state index in [0.29, 0.717) is 18.0 Å². The maximum atomic E-state index is 11.9. The van der Waals surface area contributed by atoms with Gasteiger partial charge in [-0.3, -0.25) is 9.48 Å². The molecule has 1 N–H and O–H groups in total. The molecule has 0 bridgehead atoms. The van der Waals surface area contributed by atoms with Crippen LogP contribution in [-0.4, -0.2) is 21.9 Å². The summed E-state index contributed by atoms with van der Waals surface area (Å²) in [5, 5.41) is 8.06. The second kappa shape index (κ2) is 7.06. The van der Waals surface area contributed by atoms with Gasteiger partial charge in [-0.2, -0.15) is 10.2 Å². The van der Waals surface area contributed by atoms with Crippen LogP contribution in [0.25, 0.3) is 0 Å². The molecular weight excluding hydrogens is 360 g/mol. The largest absolute Gasteiger partial charge is 0.463 e. The zero-order chi connectivity index (χ0) is 16.1. The van der Waals surface area contributed by atoms with Crippen LogP contribution in [0.2, 0.25) is 0 Å². The van der Waals surface area contributed by atoms with E-state index in [1.54, 1.807) is 29.1 Å². The summed E-state index contributed by atoms with van der Waals surface area (Å²) >= 11 is 3.40. The van der Waals surface area contributed by atoms with Crippen LogP contribution in [0.3, 0.4) is 0 Å². The van der Waals surface area contributed by atoms with Gasteiger partial charge < -0.3 is 4.42 Å². The average Bonchev–Trinajstić information content (AvgIpc) is 3.21. The van der Waals surface area contributed by atoms with Gasteiger partial charge in [-0.05, 0) is 35.9 Å². The van der Waals surface area contributed by atoms with Gasteiger partial charge in [0.25, 0.3) is 5.91 Å². The van der Waals surface area contributed by atoms with Crippen molar-refractivity contribution >= 4 is 28.1 Å². The molecule has 0 aliphatic heterocycles. The van der Waals surface area contributed by atoms with Crippen LogP contribution >= 0.6 is 15.9 Å². The van der Waals surface area contributed by atoms with Crippen LogP contribution < -0.4 is 5.43 Å². The van der Waals surface area contributed by atoms with E-state index < -0.39 is 0 Å². The number of furan rings is 1. The van der Waals surface area contributed by atoms with Crippen LogP contribution in [0.4, 0.5) is 0 Å². The zero-order valence-electron chi connectivity index (χ0n) is 12.0. The lowest BCUT2D eigenvalue weighted by molar-refractivity contribution is 0.0949. The number of nitrogens with one attached hydrogen (secondary N) is 1. The summed E-state index contributed by atoms with van der Waals surface area (Å²) in [6.07, 6.45) is 4.72. The highest BCUT2D eigenvalue weighted by molar-refractivity contribution is 9.10. The molecule has 0 fully saturated rings. The standard InChI is InChI=1S/C16H13BrN4O2/c17-13-5-3-12(4-6-13)11-21-8-7-15(20-21)16(22)19-18-10-14-2-1-9-23-14/h1-10H,11H2,(H,19,22)/b18-10+. The number of hydrogen-bond acceptors (Lipinski definition) is 4. The number of halogens is 1. The molecule has 1 aromatic carbocycles. The fourth-order valence-electron chi connectivity index (χ4n) is 1.92. The molecule has 116 valence electrons. The second-order valence-corrected chi connectivity index (χ2v) is 5.66. The molecule has 2 heterocycles. The van der Waals surface area contributed by atoms with Crippen molar-refractivity contribution in [1.82, 2.24) is 15.2 Å². The van der Waals surface area contributed by atoms with Gasteiger partial charge in [0, 0.05) is 10.7 Å². The third-order valence-corrected chi connectivity index (χ3v) is 3.56. The molecule has 2 aromatic heterocycles. The van der Waals surface area contributed by atoms with Gasteiger partial charge in [-0.25, -0.2) is 5.43 Å². The second-order valence-electron chi connectivity index (χ2n) is 4.74. The molecular formula is C16H13BrN4O2. The molecule has 23 heavy (non-hydrogen) atoms. The topological polar surface area (TPSA) is 72.4 Å². The summed E-state index contributed by atoms with van der Waals surface area (Å²) in [4.78, 5) is 11.9. The van der Waals surface area contributed by atoms with Gasteiger partial charge in [0.2, 0.25) is 0 Å². The molecule has 1 amide bonds. The number of hydrazone groups is 1. The molecule has 0 atom stereocenters. The molecule has 0 unspecified atom stereocenters. The highest BCUT2D eigenvalue weighted by Gasteiger charge is 2.08. The highest BCUT2D eigenvalue weighted by atomic mass is 79.9. The summed E-state index contributed by atoms with van der Waals surface area (Å²) in [5.74, 6) is 0.188. The number of rotatable bonds is 5. The first-order valence-corrected chi connectivity index (χ1v) is 7.65. The van der Waals surface area contributed by atoms with E-state index in [4.69, 9.17) is 4.42 Å². The average molecular weight is 373 g/mol. The first-order valence-electron chi connectivity index (χ1n) is 6.85. The Morgan fingerprint density at radius 3 is 2.87 bits per heavy atom. The van der Waals surface area contributed by atoms with Crippen molar-refractivity contribution in [2.75, 3.05) is 0 Å². The molecule has 7 heteroatoms. The van der Waals surface area contributed by atoms with E-state index in [1.807, 2.05) is 24.3 Å². The lowest BCUT2D eigenvalue weighted by atomic mass is 10.2. The molecule has 0 radical (unpaired) electrons. The Labute approximate surface area is 140 Å². The van der Waals surface area contributed by atoms with Crippen molar-refractivity contribution in [2.24, 2.45) is 5.10 Å². The van der Waals surface area contributed by atoms with E-state index >= 15 is 0 Å². The van der Waals surface area contributed by atoms with Gasteiger partial charge in [0.1, 0.15) is 5.76 Å². The molecule has 0 aliphatic carbocycles. The van der Waals surface area contributed by atoms with Crippen LogP contribution in [0.5, 0.6) is 0 Å². The smallest absolute Gasteiger partial charge is 0.291 e. The van der Waals surface area contributed by atoms with Crippen molar-refractivity contribution < 1.29 is 9.21 Å². The Hall–Kier alpha value is -2.67. The molecule has 0 saturated carbocycles. The summed E-state index contributed by atoms with van der Waals surface area (Å²) in [6, 6.07) is 13.1. The number of amides is 1. The van der Waals surface area contributed by atoms with Gasteiger partial charge >= 0.3 is 0 Å². The number of nitrogens with zero attached hydrogens (tertiary/aromatic N) is 3. The Morgan fingerprint density at radius 2 is 2.13 bits per heavy atom. The van der Waals surface area contributed by atoms with Crippen molar-refractivity contribution in [1.29, 1.82) is 0 Å². The van der Waals surface area contributed by atoms with E-state index in [-0.39, 0.29) is 5.91 Å². The van der Waals surface area contributed by atoms with Crippen molar-refractivity contribution in [2.45, 2.75) is 6.54 Å². The Kier molecular flexibility index (Phi) is 4.68. The van der Waals surface area contributed by atoms with Gasteiger partial charge in [-0.1, -0.05) is 28.1 Å². The predicted octanol–water partition coefficient (Wildman–Crippen LogP) is 3.05. The zero-order valence-corrected chi connectivity index (χ0v) is 13.6. The Balaban J connectivity index is 1.59. The fraction of sp³-hybridized carbons (Fsp3) is 0.0625. The predicted molar refractivity (Wildman–Crippen MR) is 89.2 cm³/mol. The minimum atomic E-state index is -0.373. The summed E-state index contributed by atoms with van der Waals surface area (Å²) in [6.45, 7) is 0.593. The number of hydrogen-bond donors (Lipinski definition) is 1. The number of carbonyl (C=O) groups excluding carboxylic acids is 1. The van der Waals surface area contributed by atoms with Crippen molar-refractivity contribution in [3.05, 3.63) is 76.4 Å². The number of benzene rings is 1. The van der Waals surface area contributed by atoms with E-state index in [9.17, 15) is 4.79 Å². The summed E-state index contributed by atoms with van der Waals surface area (Å²) in [5.41, 5.74) is 3.81. The van der Waals surface area contributed by atoms with Crippen LogP contribution in [-0.2, 0) is 6.54 Å². The minimum absolute atomic E-state index is 0.304.